The molecule has 0 aliphatic carbocycles. The van der Waals surface area contributed by atoms with E-state index in [0.717, 1.165) is 11.1 Å². The summed E-state index contributed by atoms with van der Waals surface area (Å²) in [5.74, 6) is 0. The quantitative estimate of drug-likeness (QED) is 0.734. The summed E-state index contributed by atoms with van der Waals surface area (Å²) < 4.78 is 26.5. The van der Waals surface area contributed by atoms with Crippen LogP contribution in [0.5, 0.6) is 0 Å². The number of pyridine rings is 1. The van der Waals surface area contributed by atoms with E-state index < -0.39 is 9.84 Å². The average molecular weight is 314 g/mol. The van der Waals surface area contributed by atoms with Gasteiger partial charge in [-0.15, -0.1) is 5.10 Å². The molecule has 0 fully saturated rings. The first-order valence-corrected chi connectivity index (χ1v) is 8.15. The maximum Gasteiger partial charge on any atom is 0.227 e. The second-order valence-corrected chi connectivity index (χ2v) is 6.82. The molecule has 0 amide bonds. The van der Waals surface area contributed by atoms with Crippen LogP contribution in [0.2, 0.25) is 0 Å². The third-order valence-electron chi connectivity index (χ3n) is 3.22. The molecular formula is C15H14N4O2S. The summed E-state index contributed by atoms with van der Waals surface area (Å²) in [5.41, 5.74) is 1.97. The number of hydrogen-bond donors (Lipinski definition) is 0. The molecule has 0 bridgehead atoms. The van der Waals surface area contributed by atoms with E-state index in [2.05, 4.69) is 15.3 Å². The van der Waals surface area contributed by atoms with Crippen molar-refractivity contribution >= 4 is 9.84 Å². The highest BCUT2D eigenvalue weighted by Crippen LogP contribution is 2.19. The zero-order chi connectivity index (χ0) is 15.6. The number of nitrogens with zero attached hydrogens (tertiary/aromatic N) is 4. The first-order valence-electron chi connectivity index (χ1n) is 6.66. The molecule has 0 radical (unpaired) electrons. The largest absolute Gasteiger partial charge is 0.265 e. The summed E-state index contributed by atoms with van der Waals surface area (Å²) in [5, 5.41) is 7.63. The highest BCUT2D eigenvalue weighted by Gasteiger charge is 2.21. The first kappa shape index (κ1) is 14.4. The smallest absolute Gasteiger partial charge is 0.227 e. The number of rotatable bonds is 4. The average Bonchev–Trinajstić information content (AvgIpc) is 2.98. The minimum atomic E-state index is -3.63. The first-order chi connectivity index (χ1) is 10.6. The second-order valence-electron chi connectivity index (χ2n) is 4.93. The minimum Gasteiger partial charge on any atom is -0.265 e. The van der Waals surface area contributed by atoms with Crippen LogP contribution in [0.25, 0.3) is 0 Å². The molecule has 22 heavy (non-hydrogen) atoms. The Morgan fingerprint density at radius 1 is 1.05 bits per heavy atom. The number of aryl methyl sites for hydroxylation is 1. The molecular weight excluding hydrogens is 300 g/mol. The fourth-order valence-electron chi connectivity index (χ4n) is 1.99. The van der Waals surface area contributed by atoms with Gasteiger partial charge >= 0.3 is 0 Å². The van der Waals surface area contributed by atoms with E-state index in [4.69, 9.17) is 0 Å². The molecule has 0 saturated carbocycles. The molecule has 0 aliphatic rings. The van der Waals surface area contributed by atoms with Gasteiger partial charge in [-0.25, -0.2) is 13.1 Å². The van der Waals surface area contributed by atoms with Crippen LogP contribution in [0.4, 0.5) is 0 Å². The monoisotopic (exact) mass is 314 g/mol. The van der Waals surface area contributed by atoms with Gasteiger partial charge in [0, 0.05) is 12.4 Å². The van der Waals surface area contributed by atoms with Crippen molar-refractivity contribution < 1.29 is 8.42 Å². The molecule has 1 aromatic carbocycles. The van der Waals surface area contributed by atoms with Gasteiger partial charge in [-0.2, -0.15) is 0 Å². The van der Waals surface area contributed by atoms with Crippen molar-refractivity contribution in [3.8, 4) is 0 Å². The van der Waals surface area contributed by atoms with Crippen molar-refractivity contribution in [2.24, 2.45) is 0 Å². The molecule has 3 rings (SSSR count). The Labute approximate surface area is 128 Å². The minimum absolute atomic E-state index is 0.0505. The lowest BCUT2D eigenvalue weighted by Gasteiger charge is -2.01. The zero-order valence-electron chi connectivity index (χ0n) is 11.9. The summed E-state index contributed by atoms with van der Waals surface area (Å²) in [6, 6.07) is 10.4. The summed E-state index contributed by atoms with van der Waals surface area (Å²) in [6.45, 7) is 2.35. The third kappa shape index (κ3) is 2.89. The molecule has 3 aromatic rings. The molecule has 0 atom stereocenters. The lowest BCUT2D eigenvalue weighted by Crippen LogP contribution is -2.02. The van der Waals surface area contributed by atoms with Gasteiger partial charge in [-0.3, -0.25) is 4.98 Å². The van der Waals surface area contributed by atoms with Gasteiger partial charge in [-0.1, -0.05) is 22.9 Å². The van der Waals surface area contributed by atoms with Crippen LogP contribution < -0.4 is 0 Å². The Bertz CT molecular complexity index is 871. The molecule has 2 aromatic heterocycles. The molecule has 0 saturated heterocycles. The van der Waals surface area contributed by atoms with E-state index in [-0.39, 0.29) is 9.92 Å². The highest BCUT2D eigenvalue weighted by molar-refractivity contribution is 7.91. The predicted molar refractivity (Wildman–Crippen MR) is 80.0 cm³/mol. The van der Waals surface area contributed by atoms with Gasteiger partial charge in [0.25, 0.3) is 0 Å². The van der Waals surface area contributed by atoms with Crippen molar-refractivity contribution in [1.82, 2.24) is 20.0 Å². The van der Waals surface area contributed by atoms with Crippen LogP contribution in [0, 0.1) is 6.92 Å². The molecule has 0 N–H and O–H groups in total. The van der Waals surface area contributed by atoms with Gasteiger partial charge in [0.2, 0.25) is 14.9 Å². The SMILES string of the molecule is Cc1ccc(S(=O)(=O)c2cn(Cc3ccncc3)nn2)cc1. The van der Waals surface area contributed by atoms with E-state index in [0.29, 0.717) is 6.54 Å². The van der Waals surface area contributed by atoms with Gasteiger partial charge < -0.3 is 0 Å². The molecule has 112 valence electrons. The van der Waals surface area contributed by atoms with Crippen molar-refractivity contribution in [3.63, 3.8) is 0 Å². The van der Waals surface area contributed by atoms with Crippen molar-refractivity contribution in [3.05, 3.63) is 66.1 Å². The third-order valence-corrected chi connectivity index (χ3v) is 4.85. The van der Waals surface area contributed by atoms with E-state index >= 15 is 0 Å². The number of benzene rings is 1. The molecule has 6 nitrogen and oxygen atoms in total. The van der Waals surface area contributed by atoms with Gasteiger partial charge in [0.15, 0.2) is 0 Å². The second kappa shape index (κ2) is 5.69. The summed E-state index contributed by atoms with van der Waals surface area (Å²) >= 11 is 0. The lowest BCUT2D eigenvalue weighted by atomic mass is 10.2. The van der Waals surface area contributed by atoms with Gasteiger partial charge in [0.05, 0.1) is 17.6 Å². The van der Waals surface area contributed by atoms with E-state index in [1.165, 1.54) is 10.9 Å². The van der Waals surface area contributed by atoms with Crippen molar-refractivity contribution in [2.45, 2.75) is 23.4 Å². The fourth-order valence-corrected chi connectivity index (χ4v) is 3.13. The predicted octanol–water partition coefficient (Wildman–Crippen LogP) is 1.86. The van der Waals surface area contributed by atoms with Crippen LogP contribution >= 0.6 is 0 Å². The Hall–Kier alpha value is -2.54. The molecule has 2 heterocycles. The van der Waals surface area contributed by atoms with Crippen molar-refractivity contribution in [2.75, 3.05) is 0 Å². The van der Waals surface area contributed by atoms with Crippen LogP contribution in [0.3, 0.4) is 0 Å². The van der Waals surface area contributed by atoms with Crippen LogP contribution in [0.1, 0.15) is 11.1 Å². The fraction of sp³-hybridized carbons (Fsp3) is 0.133. The summed E-state index contributed by atoms with van der Waals surface area (Å²) in [6.07, 6.45) is 4.79. The lowest BCUT2D eigenvalue weighted by molar-refractivity contribution is 0.591. The number of hydrogen-bond acceptors (Lipinski definition) is 5. The number of aromatic nitrogens is 4. The van der Waals surface area contributed by atoms with Gasteiger partial charge in [-0.05, 0) is 36.8 Å². The Kier molecular flexibility index (Phi) is 3.72. The normalized spacial score (nSPS) is 11.5. The van der Waals surface area contributed by atoms with Gasteiger partial charge in [0.1, 0.15) is 0 Å². The summed E-state index contributed by atoms with van der Waals surface area (Å²) in [4.78, 5) is 4.15. The topological polar surface area (TPSA) is 77.7 Å². The molecule has 0 aliphatic heterocycles. The standard InChI is InChI=1S/C15H14N4O2S/c1-12-2-4-14(5-3-12)22(20,21)15-11-19(18-17-15)10-13-6-8-16-9-7-13/h2-9,11H,10H2,1H3. The Morgan fingerprint density at radius 2 is 1.73 bits per heavy atom. The maximum atomic E-state index is 12.5. The Balaban J connectivity index is 1.88. The summed E-state index contributed by atoms with van der Waals surface area (Å²) in [7, 11) is -3.63. The van der Waals surface area contributed by atoms with Crippen LogP contribution in [-0.4, -0.2) is 28.4 Å². The highest BCUT2D eigenvalue weighted by atomic mass is 32.2. The maximum absolute atomic E-state index is 12.5. The van der Waals surface area contributed by atoms with E-state index in [1.807, 2.05) is 19.1 Å². The van der Waals surface area contributed by atoms with Crippen molar-refractivity contribution in [1.29, 1.82) is 0 Å². The van der Waals surface area contributed by atoms with Crippen LogP contribution in [0.15, 0.2) is 64.9 Å². The molecule has 0 unspecified atom stereocenters. The van der Waals surface area contributed by atoms with Crippen LogP contribution in [-0.2, 0) is 16.4 Å². The van der Waals surface area contributed by atoms with E-state index in [9.17, 15) is 8.42 Å². The molecule has 0 spiro atoms. The number of sulfone groups is 1. The Morgan fingerprint density at radius 3 is 2.41 bits per heavy atom. The molecule has 7 heteroatoms. The zero-order valence-corrected chi connectivity index (χ0v) is 12.7. The van der Waals surface area contributed by atoms with E-state index in [1.54, 1.807) is 36.7 Å².